The van der Waals surface area contributed by atoms with Crippen molar-refractivity contribution in [3.8, 4) is 0 Å². The zero-order valence-electron chi connectivity index (χ0n) is 11.6. The Bertz CT molecular complexity index is 351. The predicted molar refractivity (Wildman–Crippen MR) is 77.7 cm³/mol. The highest BCUT2D eigenvalue weighted by atomic mass is 16.3. The number of benzene rings is 1. The van der Waals surface area contributed by atoms with Crippen LogP contribution >= 0.6 is 0 Å². The molecule has 0 unspecified atom stereocenters. The molecule has 0 saturated heterocycles. The maximum atomic E-state index is 10.6. The number of amides is 1. The average molecular weight is 263 g/mol. The fourth-order valence-corrected chi connectivity index (χ4v) is 2.22. The molecule has 19 heavy (non-hydrogen) atoms. The highest BCUT2D eigenvalue weighted by Crippen LogP contribution is 2.11. The SMILES string of the molecule is NC(=O)C[C@@H](O)CCCCCCCc1ccccc1. The lowest BCUT2D eigenvalue weighted by Gasteiger charge is -2.07. The van der Waals surface area contributed by atoms with E-state index in [2.05, 4.69) is 24.3 Å². The molecule has 0 radical (unpaired) electrons. The first kappa shape index (κ1) is 15.7. The Morgan fingerprint density at radius 2 is 1.68 bits per heavy atom. The average Bonchev–Trinajstić information content (AvgIpc) is 2.38. The van der Waals surface area contributed by atoms with Crippen molar-refractivity contribution in [2.24, 2.45) is 5.73 Å². The van der Waals surface area contributed by atoms with E-state index in [1.165, 1.54) is 24.8 Å². The summed E-state index contributed by atoms with van der Waals surface area (Å²) >= 11 is 0. The van der Waals surface area contributed by atoms with Crippen LogP contribution in [0, 0.1) is 0 Å². The van der Waals surface area contributed by atoms with Gasteiger partial charge in [0.2, 0.25) is 5.91 Å². The summed E-state index contributed by atoms with van der Waals surface area (Å²) in [5, 5.41) is 9.47. The minimum atomic E-state index is -0.554. The number of unbranched alkanes of at least 4 members (excludes halogenated alkanes) is 4. The van der Waals surface area contributed by atoms with Crippen molar-refractivity contribution < 1.29 is 9.90 Å². The van der Waals surface area contributed by atoms with Gasteiger partial charge in [0.15, 0.2) is 0 Å². The summed E-state index contributed by atoms with van der Waals surface area (Å²) in [6.45, 7) is 0. The van der Waals surface area contributed by atoms with Gasteiger partial charge >= 0.3 is 0 Å². The molecule has 3 heteroatoms. The van der Waals surface area contributed by atoms with Crippen LogP contribution in [-0.4, -0.2) is 17.1 Å². The molecule has 0 saturated carbocycles. The molecule has 1 aromatic rings. The Kier molecular flexibility index (Phi) is 7.91. The number of aryl methyl sites for hydroxylation is 1. The smallest absolute Gasteiger partial charge is 0.220 e. The molecule has 0 aliphatic heterocycles. The second kappa shape index (κ2) is 9.56. The van der Waals surface area contributed by atoms with E-state index < -0.39 is 12.0 Å². The first-order valence-corrected chi connectivity index (χ1v) is 7.19. The minimum absolute atomic E-state index is 0.0913. The molecule has 1 atom stereocenters. The first-order valence-electron chi connectivity index (χ1n) is 7.19. The van der Waals surface area contributed by atoms with E-state index in [4.69, 9.17) is 5.73 Å². The molecule has 1 amide bonds. The summed E-state index contributed by atoms with van der Waals surface area (Å²) in [7, 11) is 0. The Hall–Kier alpha value is -1.35. The van der Waals surface area contributed by atoms with Crippen molar-refractivity contribution in [1.82, 2.24) is 0 Å². The van der Waals surface area contributed by atoms with Gasteiger partial charge in [-0.3, -0.25) is 4.79 Å². The van der Waals surface area contributed by atoms with Crippen molar-refractivity contribution in [2.75, 3.05) is 0 Å². The Morgan fingerprint density at radius 3 is 2.37 bits per heavy atom. The van der Waals surface area contributed by atoms with Crippen molar-refractivity contribution in [2.45, 2.75) is 57.5 Å². The lowest BCUT2D eigenvalue weighted by Crippen LogP contribution is -2.19. The van der Waals surface area contributed by atoms with Gasteiger partial charge in [-0.25, -0.2) is 0 Å². The molecule has 0 aliphatic carbocycles. The fraction of sp³-hybridized carbons (Fsp3) is 0.562. The van der Waals surface area contributed by atoms with Gasteiger partial charge in [0.25, 0.3) is 0 Å². The van der Waals surface area contributed by atoms with Crippen molar-refractivity contribution in [3.05, 3.63) is 35.9 Å². The number of primary amides is 1. The molecule has 0 fully saturated rings. The third kappa shape index (κ3) is 8.38. The Labute approximate surface area is 115 Å². The summed E-state index contributed by atoms with van der Waals surface area (Å²) in [4.78, 5) is 10.6. The monoisotopic (exact) mass is 263 g/mol. The molecule has 1 rings (SSSR count). The highest BCUT2D eigenvalue weighted by molar-refractivity contribution is 5.74. The molecule has 0 spiro atoms. The van der Waals surface area contributed by atoms with Crippen LogP contribution in [-0.2, 0) is 11.2 Å². The van der Waals surface area contributed by atoms with Gasteiger partial charge in [0.05, 0.1) is 12.5 Å². The van der Waals surface area contributed by atoms with E-state index >= 15 is 0 Å². The third-order valence-corrected chi connectivity index (χ3v) is 3.28. The number of aliphatic hydroxyl groups is 1. The topological polar surface area (TPSA) is 63.3 Å². The highest BCUT2D eigenvalue weighted by Gasteiger charge is 2.06. The quantitative estimate of drug-likeness (QED) is 0.638. The van der Waals surface area contributed by atoms with Gasteiger partial charge in [-0.15, -0.1) is 0 Å². The van der Waals surface area contributed by atoms with E-state index in [-0.39, 0.29) is 6.42 Å². The maximum absolute atomic E-state index is 10.6. The van der Waals surface area contributed by atoms with Crippen molar-refractivity contribution in [1.29, 1.82) is 0 Å². The Balaban J connectivity index is 1.93. The van der Waals surface area contributed by atoms with Crippen LogP contribution in [0.25, 0.3) is 0 Å². The van der Waals surface area contributed by atoms with Crippen LogP contribution in [0.3, 0.4) is 0 Å². The summed E-state index contributed by atoms with van der Waals surface area (Å²) in [5.41, 5.74) is 6.42. The molecule has 1 aromatic carbocycles. The van der Waals surface area contributed by atoms with Crippen LogP contribution in [0.5, 0.6) is 0 Å². The molecular formula is C16H25NO2. The van der Waals surface area contributed by atoms with E-state index in [1.807, 2.05) is 6.07 Å². The number of carbonyl (C=O) groups is 1. The second-order valence-corrected chi connectivity index (χ2v) is 5.12. The molecule has 0 bridgehead atoms. The summed E-state index contributed by atoms with van der Waals surface area (Å²) < 4.78 is 0. The summed E-state index contributed by atoms with van der Waals surface area (Å²) in [6.07, 6.45) is 7.08. The van der Waals surface area contributed by atoms with Gasteiger partial charge in [0.1, 0.15) is 0 Å². The zero-order chi connectivity index (χ0) is 13.9. The van der Waals surface area contributed by atoms with Crippen molar-refractivity contribution >= 4 is 5.91 Å². The van der Waals surface area contributed by atoms with E-state index in [0.29, 0.717) is 6.42 Å². The van der Waals surface area contributed by atoms with E-state index in [9.17, 15) is 9.90 Å². The predicted octanol–water partition coefficient (Wildman–Crippen LogP) is 2.81. The largest absolute Gasteiger partial charge is 0.393 e. The molecule has 3 N–H and O–H groups in total. The fourth-order valence-electron chi connectivity index (χ4n) is 2.22. The van der Waals surface area contributed by atoms with Gasteiger partial charge in [-0.2, -0.15) is 0 Å². The third-order valence-electron chi connectivity index (χ3n) is 3.28. The van der Waals surface area contributed by atoms with Gasteiger partial charge in [-0.1, -0.05) is 56.0 Å². The normalized spacial score (nSPS) is 12.3. The van der Waals surface area contributed by atoms with Crippen LogP contribution in [0.2, 0.25) is 0 Å². The minimum Gasteiger partial charge on any atom is -0.393 e. The van der Waals surface area contributed by atoms with E-state index in [0.717, 1.165) is 19.3 Å². The summed E-state index contributed by atoms with van der Waals surface area (Å²) in [6, 6.07) is 10.5. The number of hydrogen-bond acceptors (Lipinski definition) is 2. The Morgan fingerprint density at radius 1 is 1.05 bits per heavy atom. The van der Waals surface area contributed by atoms with Crippen LogP contribution < -0.4 is 5.73 Å². The van der Waals surface area contributed by atoms with Gasteiger partial charge in [0, 0.05) is 0 Å². The zero-order valence-corrected chi connectivity index (χ0v) is 11.6. The molecule has 0 heterocycles. The standard InChI is InChI=1S/C16H25NO2/c17-16(19)13-15(18)12-8-3-1-2-5-9-14-10-6-4-7-11-14/h4,6-7,10-11,15,18H,1-3,5,8-9,12-13H2,(H2,17,19)/t15-/m0/s1. The number of hydrogen-bond donors (Lipinski definition) is 2. The molecule has 0 aromatic heterocycles. The van der Waals surface area contributed by atoms with Gasteiger partial charge in [-0.05, 0) is 24.8 Å². The lowest BCUT2D eigenvalue weighted by molar-refractivity contribution is -0.119. The first-order chi connectivity index (χ1) is 9.18. The van der Waals surface area contributed by atoms with Crippen LogP contribution in [0.15, 0.2) is 30.3 Å². The molecule has 0 aliphatic rings. The second-order valence-electron chi connectivity index (χ2n) is 5.12. The van der Waals surface area contributed by atoms with Crippen LogP contribution in [0.1, 0.15) is 50.5 Å². The summed E-state index contributed by atoms with van der Waals surface area (Å²) in [5.74, 6) is -0.421. The van der Waals surface area contributed by atoms with E-state index in [1.54, 1.807) is 0 Å². The number of aliphatic hydroxyl groups excluding tert-OH is 1. The van der Waals surface area contributed by atoms with Gasteiger partial charge < -0.3 is 10.8 Å². The molecule has 106 valence electrons. The number of nitrogens with two attached hydrogens (primary N) is 1. The molecule has 3 nitrogen and oxygen atoms in total. The maximum Gasteiger partial charge on any atom is 0.220 e. The van der Waals surface area contributed by atoms with Crippen molar-refractivity contribution in [3.63, 3.8) is 0 Å². The number of carbonyl (C=O) groups excluding carboxylic acids is 1. The lowest BCUT2D eigenvalue weighted by atomic mass is 10.0. The number of rotatable bonds is 10. The van der Waals surface area contributed by atoms with Crippen LogP contribution in [0.4, 0.5) is 0 Å². The molecular weight excluding hydrogens is 238 g/mol.